The summed E-state index contributed by atoms with van der Waals surface area (Å²) in [4.78, 5) is 10.9. The molecule has 1 rings (SSSR count). The van der Waals surface area contributed by atoms with Crippen molar-refractivity contribution in [2.24, 2.45) is 11.5 Å². The zero-order chi connectivity index (χ0) is 11.4. The summed E-state index contributed by atoms with van der Waals surface area (Å²) in [6, 6.07) is 5.42. The van der Waals surface area contributed by atoms with Crippen LogP contribution in [0.25, 0.3) is 0 Å². The third-order valence-electron chi connectivity index (χ3n) is 1.71. The Balaban J connectivity index is 3.01. The van der Waals surface area contributed by atoms with Crippen molar-refractivity contribution in [2.45, 2.75) is 0 Å². The Kier molecular flexibility index (Phi) is 4.05. The molecule has 1 amide bonds. The molecule has 0 saturated carbocycles. The van der Waals surface area contributed by atoms with Gasteiger partial charge in [-0.15, -0.1) is 0 Å². The summed E-state index contributed by atoms with van der Waals surface area (Å²) < 4.78 is 0.782. The lowest BCUT2D eigenvalue weighted by Crippen LogP contribution is -2.23. The van der Waals surface area contributed by atoms with Crippen LogP contribution in [0.5, 0.6) is 0 Å². The smallest absolute Gasteiger partial charge is 0.236 e. The fourth-order valence-corrected chi connectivity index (χ4v) is 2.04. The molecule has 0 radical (unpaired) electrons. The third kappa shape index (κ3) is 3.17. The van der Waals surface area contributed by atoms with Gasteiger partial charge in [0.15, 0.2) is 0 Å². The maximum absolute atomic E-state index is 10.6. The highest BCUT2D eigenvalue weighted by atomic mass is 79.9. The minimum atomic E-state index is -0.441. The molecule has 15 heavy (non-hydrogen) atoms. The van der Waals surface area contributed by atoms with Gasteiger partial charge in [-0.2, -0.15) is 0 Å². The van der Waals surface area contributed by atoms with Gasteiger partial charge in [0.05, 0.1) is 6.54 Å². The molecule has 4 nitrogen and oxygen atoms in total. The van der Waals surface area contributed by atoms with Crippen LogP contribution >= 0.6 is 28.1 Å². The van der Waals surface area contributed by atoms with Crippen molar-refractivity contribution in [2.75, 3.05) is 11.9 Å². The zero-order valence-electron chi connectivity index (χ0n) is 7.79. The molecule has 0 aliphatic rings. The third-order valence-corrected chi connectivity index (χ3v) is 2.58. The molecule has 0 saturated heterocycles. The Morgan fingerprint density at radius 3 is 2.67 bits per heavy atom. The SMILES string of the molecule is NC(=O)CNc1cccc(Br)c1C(N)=S. The second kappa shape index (κ2) is 5.09. The molecular formula is C9H10BrN3OS. The molecule has 1 aromatic rings. The van der Waals surface area contributed by atoms with E-state index in [1.165, 1.54) is 0 Å². The molecular weight excluding hydrogens is 278 g/mol. The van der Waals surface area contributed by atoms with Gasteiger partial charge in [0.2, 0.25) is 5.91 Å². The zero-order valence-corrected chi connectivity index (χ0v) is 10.2. The van der Waals surface area contributed by atoms with Gasteiger partial charge in [-0.25, -0.2) is 0 Å². The summed E-state index contributed by atoms with van der Waals surface area (Å²) in [6.45, 7) is 0.0477. The van der Waals surface area contributed by atoms with Crippen molar-refractivity contribution in [1.29, 1.82) is 0 Å². The number of hydrogen-bond acceptors (Lipinski definition) is 3. The first-order valence-electron chi connectivity index (χ1n) is 4.13. The summed E-state index contributed by atoms with van der Waals surface area (Å²) >= 11 is 8.24. The number of nitrogens with two attached hydrogens (primary N) is 2. The maximum Gasteiger partial charge on any atom is 0.236 e. The van der Waals surface area contributed by atoms with Gasteiger partial charge in [-0.1, -0.05) is 18.3 Å². The first kappa shape index (κ1) is 11.9. The Bertz CT molecular complexity index is 408. The molecule has 0 aliphatic carbocycles. The van der Waals surface area contributed by atoms with Gasteiger partial charge in [0, 0.05) is 15.7 Å². The molecule has 1 aromatic carbocycles. The summed E-state index contributed by atoms with van der Waals surface area (Å²) in [5.74, 6) is -0.441. The van der Waals surface area contributed by atoms with Crippen LogP contribution in [0.2, 0.25) is 0 Å². The van der Waals surface area contributed by atoms with Gasteiger partial charge in [0.1, 0.15) is 4.99 Å². The Morgan fingerprint density at radius 1 is 1.47 bits per heavy atom. The number of halogens is 1. The highest BCUT2D eigenvalue weighted by Crippen LogP contribution is 2.24. The predicted molar refractivity (Wildman–Crippen MR) is 67.7 cm³/mol. The number of anilines is 1. The minimum absolute atomic E-state index is 0.0477. The van der Waals surface area contributed by atoms with Gasteiger partial charge in [0.25, 0.3) is 0 Å². The minimum Gasteiger partial charge on any atom is -0.389 e. The Hall–Kier alpha value is -1.14. The van der Waals surface area contributed by atoms with Crippen LogP contribution in [-0.4, -0.2) is 17.4 Å². The van der Waals surface area contributed by atoms with E-state index in [4.69, 9.17) is 23.7 Å². The molecule has 80 valence electrons. The van der Waals surface area contributed by atoms with Gasteiger partial charge in [-0.05, 0) is 28.1 Å². The molecule has 0 aromatic heterocycles. The molecule has 0 bridgehead atoms. The Morgan fingerprint density at radius 2 is 2.13 bits per heavy atom. The van der Waals surface area contributed by atoms with Crippen molar-refractivity contribution in [1.82, 2.24) is 0 Å². The first-order valence-corrected chi connectivity index (χ1v) is 5.33. The summed E-state index contributed by atoms with van der Waals surface area (Å²) in [6.07, 6.45) is 0. The number of rotatable bonds is 4. The molecule has 0 spiro atoms. The standard InChI is InChI=1S/C9H10BrN3OS/c10-5-2-1-3-6(8(5)9(12)15)13-4-7(11)14/h1-3,13H,4H2,(H2,11,14)(H2,12,15). The molecule has 0 unspecified atom stereocenters. The number of nitrogens with one attached hydrogen (secondary N) is 1. The van der Waals surface area contributed by atoms with Crippen LogP contribution in [0.1, 0.15) is 5.56 Å². The topological polar surface area (TPSA) is 81.1 Å². The van der Waals surface area contributed by atoms with Crippen molar-refractivity contribution in [3.05, 3.63) is 28.2 Å². The second-order valence-electron chi connectivity index (χ2n) is 2.85. The first-order chi connectivity index (χ1) is 7.02. The second-order valence-corrected chi connectivity index (χ2v) is 4.14. The van der Waals surface area contributed by atoms with Crippen LogP contribution in [0.15, 0.2) is 22.7 Å². The van der Waals surface area contributed by atoms with E-state index in [2.05, 4.69) is 21.2 Å². The fourth-order valence-electron chi connectivity index (χ4n) is 1.10. The lowest BCUT2D eigenvalue weighted by Gasteiger charge is -2.11. The average Bonchev–Trinajstić information content (AvgIpc) is 2.13. The summed E-state index contributed by atoms with van der Waals surface area (Å²) in [7, 11) is 0. The van der Waals surface area contributed by atoms with Crippen LogP contribution in [0, 0.1) is 0 Å². The lowest BCUT2D eigenvalue weighted by molar-refractivity contribution is -0.116. The largest absolute Gasteiger partial charge is 0.389 e. The molecule has 5 N–H and O–H groups in total. The monoisotopic (exact) mass is 287 g/mol. The number of carbonyl (C=O) groups is 1. The Labute approximate surface area is 101 Å². The average molecular weight is 288 g/mol. The maximum atomic E-state index is 10.6. The van der Waals surface area contributed by atoms with Gasteiger partial charge < -0.3 is 16.8 Å². The van der Waals surface area contributed by atoms with E-state index in [-0.39, 0.29) is 11.5 Å². The van der Waals surface area contributed by atoms with E-state index in [9.17, 15) is 4.79 Å². The number of primary amides is 1. The number of thiocarbonyl (C=S) groups is 1. The van der Waals surface area contributed by atoms with Crippen LogP contribution in [0.3, 0.4) is 0 Å². The van der Waals surface area contributed by atoms with Crippen LogP contribution < -0.4 is 16.8 Å². The van der Waals surface area contributed by atoms with Gasteiger partial charge in [-0.3, -0.25) is 4.79 Å². The molecule has 6 heteroatoms. The molecule has 0 fully saturated rings. The quantitative estimate of drug-likeness (QED) is 0.721. The molecule has 0 heterocycles. The number of carbonyl (C=O) groups excluding carboxylic acids is 1. The number of amides is 1. The van der Waals surface area contributed by atoms with E-state index >= 15 is 0 Å². The number of benzene rings is 1. The van der Waals surface area contributed by atoms with E-state index in [1.807, 2.05) is 12.1 Å². The van der Waals surface area contributed by atoms with E-state index in [1.54, 1.807) is 6.07 Å². The van der Waals surface area contributed by atoms with E-state index in [0.717, 1.165) is 4.47 Å². The lowest BCUT2D eigenvalue weighted by atomic mass is 10.2. The highest BCUT2D eigenvalue weighted by Gasteiger charge is 2.09. The highest BCUT2D eigenvalue weighted by molar-refractivity contribution is 9.10. The van der Waals surface area contributed by atoms with Crippen molar-refractivity contribution in [3.63, 3.8) is 0 Å². The number of hydrogen-bond donors (Lipinski definition) is 3. The van der Waals surface area contributed by atoms with Gasteiger partial charge >= 0.3 is 0 Å². The van der Waals surface area contributed by atoms with Crippen molar-refractivity contribution >= 4 is 44.7 Å². The van der Waals surface area contributed by atoms with Crippen LogP contribution in [-0.2, 0) is 4.79 Å². The summed E-state index contributed by atoms with van der Waals surface area (Å²) in [5, 5.41) is 2.86. The fraction of sp³-hybridized carbons (Fsp3) is 0.111. The van der Waals surface area contributed by atoms with Crippen molar-refractivity contribution in [3.8, 4) is 0 Å². The van der Waals surface area contributed by atoms with Crippen LogP contribution in [0.4, 0.5) is 5.69 Å². The van der Waals surface area contributed by atoms with E-state index < -0.39 is 5.91 Å². The van der Waals surface area contributed by atoms with Crippen molar-refractivity contribution < 1.29 is 4.79 Å². The molecule has 0 atom stereocenters. The molecule has 0 aliphatic heterocycles. The van der Waals surface area contributed by atoms with E-state index in [0.29, 0.717) is 11.3 Å². The predicted octanol–water partition coefficient (Wildman–Crippen LogP) is 0.980. The summed E-state index contributed by atoms with van der Waals surface area (Å²) in [5.41, 5.74) is 12.0. The normalized spacial score (nSPS) is 9.67.